The standard InChI is InChI=1S/C25H26F2N8O5/c1-15(36)29-11-17-13-35(25(39)40-17)16-9-18(26)22(19(27)10-16)33-7-5-32(6-8-33)21(37)12-30-23(38)20-14-34-4-2-3-28-24(34)31-20/h2-4,9-10,14,17H,5-8,11-13H2,1H3,(H,29,36)(H,30,38)/t17-/m0/s1. The van der Waals surface area contributed by atoms with Crippen molar-refractivity contribution in [3.8, 4) is 0 Å². The highest BCUT2D eigenvalue weighted by atomic mass is 19.1. The Bertz CT molecular complexity index is 1420. The number of nitrogens with zero attached hydrogens (tertiary/aromatic N) is 6. The summed E-state index contributed by atoms with van der Waals surface area (Å²) >= 11 is 0. The van der Waals surface area contributed by atoms with Gasteiger partial charge in [0.25, 0.3) is 5.91 Å². The van der Waals surface area contributed by atoms with Crippen molar-refractivity contribution in [3.05, 3.63) is 54.1 Å². The number of ether oxygens (including phenoxy) is 1. The zero-order chi connectivity index (χ0) is 28.4. The maximum atomic E-state index is 15.1. The Labute approximate surface area is 226 Å². The number of cyclic esters (lactones) is 1. The van der Waals surface area contributed by atoms with Crippen LogP contribution in [0.25, 0.3) is 5.78 Å². The number of aromatic nitrogens is 3. The Morgan fingerprint density at radius 2 is 1.82 bits per heavy atom. The molecule has 0 unspecified atom stereocenters. The first-order valence-corrected chi connectivity index (χ1v) is 12.5. The molecule has 1 atom stereocenters. The van der Waals surface area contributed by atoms with Crippen LogP contribution in [0.3, 0.4) is 0 Å². The first-order chi connectivity index (χ1) is 19.2. The minimum absolute atomic E-state index is 0.0000183. The second-order valence-corrected chi connectivity index (χ2v) is 9.32. The fourth-order valence-corrected chi connectivity index (χ4v) is 4.58. The summed E-state index contributed by atoms with van der Waals surface area (Å²) in [6, 6.07) is 3.81. The topological polar surface area (TPSA) is 141 Å². The zero-order valence-electron chi connectivity index (χ0n) is 21.5. The highest BCUT2D eigenvalue weighted by Crippen LogP contribution is 2.31. The van der Waals surface area contributed by atoms with E-state index in [1.54, 1.807) is 22.9 Å². The SMILES string of the molecule is CC(=O)NC[C@H]1CN(c2cc(F)c(N3CCN(C(=O)CNC(=O)c4cn5cccnc5n4)CC3)c(F)c2)C(=O)O1. The van der Waals surface area contributed by atoms with Gasteiger partial charge in [-0.05, 0) is 6.07 Å². The molecule has 0 radical (unpaired) electrons. The lowest BCUT2D eigenvalue weighted by Gasteiger charge is -2.36. The van der Waals surface area contributed by atoms with Gasteiger partial charge >= 0.3 is 6.09 Å². The Kier molecular flexibility index (Phi) is 7.44. The molecule has 0 saturated carbocycles. The lowest BCUT2D eigenvalue weighted by molar-refractivity contribution is -0.130. The number of fused-ring (bicyclic) bond motifs is 1. The first-order valence-electron chi connectivity index (χ1n) is 12.5. The van der Waals surface area contributed by atoms with Crippen LogP contribution in [0.15, 0.2) is 36.8 Å². The summed E-state index contributed by atoms with van der Waals surface area (Å²) in [6.45, 7) is 1.90. The average molecular weight is 557 g/mol. The molecule has 5 rings (SSSR count). The van der Waals surface area contributed by atoms with E-state index in [2.05, 4.69) is 20.6 Å². The monoisotopic (exact) mass is 556 g/mol. The van der Waals surface area contributed by atoms with Crippen LogP contribution >= 0.6 is 0 Å². The van der Waals surface area contributed by atoms with Crippen molar-refractivity contribution in [2.24, 2.45) is 0 Å². The van der Waals surface area contributed by atoms with Gasteiger partial charge in [0, 0.05) is 63.8 Å². The molecule has 1 aromatic carbocycles. The number of anilines is 2. The van der Waals surface area contributed by atoms with E-state index in [0.29, 0.717) is 5.78 Å². The number of piperazine rings is 1. The maximum Gasteiger partial charge on any atom is 0.414 e. The van der Waals surface area contributed by atoms with E-state index in [1.165, 1.54) is 22.9 Å². The van der Waals surface area contributed by atoms with Crippen LogP contribution in [0, 0.1) is 11.6 Å². The van der Waals surface area contributed by atoms with Crippen LogP contribution in [0.1, 0.15) is 17.4 Å². The van der Waals surface area contributed by atoms with Crippen molar-refractivity contribution < 1.29 is 32.7 Å². The minimum atomic E-state index is -0.859. The third-order valence-electron chi connectivity index (χ3n) is 6.58. The molecule has 4 amide bonds. The van der Waals surface area contributed by atoms with Gasteiger partial charge in [0.15, 0.2) is 11.6 Å². The van der Waals surface area contributed by atoms with E-state index in [4.69, 9.17) is 4.74 Å². The summed E-state index contributed by atoms with van der Waals surface area (Å²) in [4.78, 5) is 60.6. The third-order valence-corrected chi connectivity index (χ3v) is 6.58. The van der Waals surface area contributed by atoms with E-state index >= 15 is 8.78 Å². The summed E-state index contributed by atoms with van der Waals surface area (Å²) in [5.41, 5.74) is -0.136. The van der Waals surface area contributed by atoms with Crippen molar-refractivity contribution in [3.63, 3.8) is 0 Å². The van der Waals surface area contributed by atoms with Crippen LogP contribution in [0.4, 0.5) is 25.0 Å². The number of amides is 4. The number of benzene rings is 1. The van der Waals surface area contributed by atoms with E-state index in [1.807, 2.05) is 0 Å². The molecule has 0 spiro atoms. The molecule has 2 aromatic heterocycles. The fraction of sp³-hybridized carbons (Fsp3) is 0.360. The van der Waals surface area contributed by atoms with Crippen molar-refractivity contribution in [1.82, 2.24) is 29.9 Å². The number of nitrogens with one attached hydrogen (secondary N) is 2. The predicted molar refractivity (Wildman–Crippen MR) is 137 cm³/mol. The molecular formula is C25H26F2N8O5. The number of imidazole rings is 1. The zero-order valence-corrected chi connectivity index (χ0v) is 21.5. The Morgan fingerprint density at radius 1 is 1.10 bits per heavy atom. The van der Waals surface area contributed by atoms with Crippen molar-refractivity contribution in [2.45, 2.75) is 13.0 Å². The van der Waals surface area contributed by atoms with E-state index in [-0.39, 0.29) is 74.7 Å². The molecule has 0 aliphatic carbocycles. The molecule has 2 saturated heterocycles. The van der Waals surface area contributed by atoms with Crippen LogP contribution in [0.2, 0.25) is 0 Å². The number of carbonyl (C=O) groups is 4. The van der Waals surface area contributed by atoms with E-state index in [0.717, 1.165) is 17.0 Å². The third kappa shape index (κ3) is 5.62. The van der Waals surface area contributed by atoms with Crippen LogP contribution in [-0.4, -0.2) is 95.0 Å². The molecule has 4 heterocycles. The smallest absolute Gasteiger partial charge is 0.414 e. The molecule has 2 aliphatic rings. The highest BCUT2D eigenvalue weighted by Gasteiger charge is 2.34. The van der Waals surface area contributed by atoms with Gasteiger partial charge < -0.3 is 25.2 Å². The summed E-state index contributed by atoms with van der Waals surface area (Å²) in [7, 11) is 0. The van der Waals surface area contributed by atoms with Gasteiger partial charge in [-0.25, -0.2) is 23.5 Å². The van der Waals surface area contributed by atoms with Crippen molar-refractivity contribution in [1.29, 1.82) is 0 Å². The molecular weight excluding hydrogens is 530 g/mol. The first kappa shape index (κ1) is 26.8. The second kappa shape index (κ2) is 11.1. The Morgan fingerprint density at radius 3 is 2.50 bits per heavy atom. The molecule has 0 bridgehead atoms. The minimum Gasteiger partial charge on any atom is -0.442 e. The largest absolute Gasteiger partial charge is 0.442 e. The van der Waals surface area contributed by atoms with Gasteiger partial charge in [0.2, 0.25) is 17.6 Å². The lowest BCUT2D eigenvalue weighted by atomic mass is 10.2. The lowest BCUT2D eigenvalue weighted by Crippen LogP contribution is -2.51. The molecule has 13 nitrogen and oxygen atoms in total. The summed E-state index contributed by atoms with van der Waals surface area (Å²) in [5.74, 6) is -2.51. The van der Waals surface area contributed by atoms with Gasteiger partial charge in [-0.15, -0.1) is 0 Å². The van der Waals surface area contributed by atoms with Gasteiger partial charge in [-0.3, -0.25) is 23.7 Å². The fourth-order valence-electron chi connectivity index (χ4n) is 4.58. The quantitative estimate of drug-likeness (QED) is 0.430. The molecule has 3 aromatic rings. The number of rotatable bonds is 7. The normalized spacial score (nSPS) is 17.2. The molecule has 15 heteroatoms. The van der Waals surface area contributed by atoms with E-state index in [9.17, 15) is 19.2 Å². The molecule has 2 fully saturated rings. The summed E-state index contributed by atoms with van der Waals surface area (Å²) < 4.78 is 36.9. The van der Waals surface area contributed by atoms with Gasteiger partial charge in [-0.1, -0.05) is 0 Å². The van der Waals surface area contributed by atoms with Crippen molar-refractivity contribution in [2.75, 3.05) is 55.6 Å². The molecule has 210 valence electrons. The van der Waals surface area contributed by atoms with Gasteiger partial charge in [0.1, 0.15) is 17.5 Å². The average Bonchev–Trinajstić information content (AvgIpc) is 3.53. The van der Waals surface area contributed by atoms with Gasteiger partial charge in [0.05, 0.1) is 25.3 Å². The predicted octanol–water partition coefficient (Wildman–Crippen LogP) is 0.547. The summed E-state index contributed by atoms with van der Waals surface area (Å²) in [5, 5.41) is 5.08. The Balaban J connectivity index is 1.15. The highest BCUT2D eigenvalue weighted by molar-refractivity contribution is 5.95. The molecule has 2 N–H and O–H groups in total. The summed E-state index contributed by atoms with van der Waals surface area (Å²) in [6.07, 6.45) is 3.34. The number of halogens is 2. The van der Waals surface area contributed by atoms with Gasteiger partial charge in [-0.2, -0.15) is 0 Å². The molecule has 40 heavy (non-hydrogen) atoms. The van der Waals surface area contributed by atoms with Crippen LogP contribution < -0.4 is 20.4 Å². The van der Waals surface area contributed by atoms with Crippen LogP contribution in [-0.2, 0) is 14.3 Å². The Hall–Kier alpha value is -4.82. The second-order valence-electron chi connectivity index (χ2n) is 9.32. The van der Waals surface area contributed by atoms with E-state index < -0.39 is 29.7 Å². The van der Waals surface area contributed by atoms with Crippen molar-refractivity contribution >= 4 is 41.0 Å². The maximum absolute atomic E-state index is 15.1. The van der Waals surface area contributed by atoms with Crippen LogP contribution in [0.5, 0.6) is 0 Å². The number of carbonyl (C=O) groups excluding carboxylic acids is 4. The number of hydrogen-bond acceptors (Lipinski definition) is 8. The number of hydrogen-bond donors (Lipinski definition) is 2. The molecule has 2 aliphatic heterocycles.